The molecule has 0 aliphatic heterocycles. The summed E-state index contributed by atoms with van der Waals surface area (Å²) >= 11 is 0. The van der Waals surface area contributed by atoms with E-state index >= 15 is 0 Å². The summed E-state index contributed by atoms with van der Waals surface area (Å²) in [5.74, 6) is 0.654. The van der Waals surface area contributed by atoms with E-state index in [1.165, 1.54) is 0 Å². The molecule has 1 aliphatic carbocycles. The van der Waals surface area contributed by atoms with Gasteiger partial charge in [0.1, 0.15) is 5.75 Å². The summed E-state index contributed by atoms with van der Waals surface area (Å²) < 4.78 is 5.46. The van der Waals surface area contributed by atoms with Gasteiger partial charge < -0.3 is 14.7 Å². The summed E-state index contributed by atoms with van der Waals surface area (Å²) in [4.78, 5) is 13.7. The van der Waals surface area contributed by atoms with E-state index in [-0.39, 0.29) is 19.1 Å². The van der Waals surface area contributed by atoms with Crippen LogP contribution < -0.4 is 4.74 Å². The van der Waals surface area contributed by atoms with Crippen LogP contribution in [0.1, 0.15) is 18.4 Å². The van der Waals surface area contributed by atoms with Gasteiger partial charge >= 0.3 is 0 Å². The zero-order chi connectivity index (χ0) is 13.0. The van der Waals surface area contributed by atoms with Crippen LogP contribution in [0.2, 0.25) is 0 Å². The molecule has 1 amide bonds. The fourth-order valence-electron chi connectivity index (χ4n) is 1.87. The van der Waals surface area contributed by atoms with Crippen molar-refractivity contribution in [2.45, 2.75) is 25.8 Å². The lowest BCUT2D eigenvalue weighted by Gasteiger charge is -2.21. The first-order valence-electron chi connectivity index (χ1n) is 6.30. The lowest BCUT2D eigenvalue weighted by molar-refractivity contribution is -0.134. The first kappa shape index (κ1) is 12.9. The van der Waals surface area contributed by atoms with Crippen LogP contribution in [0, 0.1) is 6.92 Å². The van der Waals surface area contributed by atoms with Gasteiger partial charge in [0.15, 0.2) is 6.61 Å². The molecule has 0 bridgehead atoms. The molecule has 1 saturated carbocycles. The zero-order valence-corrected chi connectivity index (χ0v) is 10.6. The van der Waals surface area contributed by atoms with Crippen molar-refractivity contribution < 1.29 is 14.6 Å². The average molecular weight is 249 g/mol. The predicted octanol–water partition coefficient (Wildman–Crippen LogP) is 1.36. The number of benzene rings is 1. The molecule has 1 N–H and O–H groups in total. The maximum absolute atomic E-state index is 11.9. The van der Waals surface area contributed by atoms with Crippen LogP contribution >= 0.6 is 0 Å². The van der Waals surface area contributed by atoms with Crippen molar-refractivity contribution in [3.05, 3.63) is 29.8 Å². The monoisotopic (exact) mass is 249 g/mol. The molecule has 1 aromatic rings. The Morgan fingerprint density at radius 1 is 1.39 bits per heavy atom. The van der Waals surface area contributed by atoms with Crippen LogP contribution in [0.3, 0.4) is 0 Å². The van der Waals surface area contributed by atoms with Gasteiger partial charge in [-0.1, -0.05) is 17.7 Å². The number of hydrogen-bond acceptors (Lipinski definition) is 3. The highest BCUT2D eigenvalue weighted by molar-refractivity contribution is 5.78. The Kier molecular flexibility index (Phi) is 4.20. The Hall–Kier alpha value is -1.55. The fraction of sp³-hybridized carbons (Fsp3) is 0.500. The van der Waals surface area contributed by atoms with E-state index in [4.69, 9.17) is 9.84 Å². The van der Waals surface area contributed by atoms with Crippen molar-refractivity contribution in [3.8, 4) is 5.75 Å². The molecular formula is C14H19NO3. The molecule has 0 spiro atoms. The van der Waals surface area contributed by atoms with Crippen LogP contribution in [-0.2, 0) is 4.79 Å². The molecule has 4 heteroatoms. The fourth-order valence-corrected chi connectivity index (χ4v) is 1.87. The van der Waals surface area contributed by atoms with E-state index in [0.29, 0.717) is 18.3 Å². The van der Waals surface area contributed by atoms with E-state index < -0.39 is 0 Å². The lowest BCUT2D eigenvalue weighted by atomic mass is 10.2. The number of nitrogens with zero attached hydrogens (tertiary/aromatic N) is 1. The number of aliphatic hydroxyl groups is 1. The molecule has 98 valence electrons. The van der Waals surface area contributed by atoms with Gasteiger partial charge in [0.05, 0.1) is 6.61 Å². The third-order valence-electron chi connectivity index (χ3n) is 3.03. The van der Waals surface area contributed by atoms with Gasteiger partial charge in [-0.2, -0.15) is 0 Å². The Morgan fingerprint density at radius 2 is 2.06 bits per heavy atom. The molecule has 4 nitrogen and oxygen atoms in total. The molecule has 0 atom stereocenters. The number of aryl methyl sites for hydroxylation is 1. The largest absolute Gasteiger partial charge is 0.484 e. The third-order valence-corrected chi connectivity index (χ3v) is 3.03. The Labute approximate surface area is 107 Å². The molecule has 18 heavy (non-hydrogen) atoms. The summed E-state index contributed by atoms with van der Waals surface area (Å²) in [5.41, 5.74) is 1.16. The summed E-state index contributed by atoms with van der Waals surface area (Å²) in [5, 5.41) is 8.94. The first-order chi connectivity index (χ1) is 8.70. The smallest absolute Gasteiger partial charge is 0.260 e. The van der Waals surface area contributed by atoms with E-state index in [1.54, 1.807) is 4.90 Å². The molecule has 0 radical (unpaired) electrons. The van der Waals surface area contributed by atoms with E-state index in [2.05, 4.69) is 0 Å². The topological polar surface area (TPSA) is 49.8 Å². The van der Waals surface area contributed by atoms with E-state index in [0.717, 1.165) is 18.4 Å². The van der Waals surface area contributed by atoms with E-state index in [1.807, 2.05) is 31.2 Å². The van der Waals surface area contributed by atoms with Crippen molar-refractivity contribution >= 4 is 5.91 Å². The van der Waals surface area contributed by atoms with Crippen LogP contribution in [0.25, 0.3) is 0 Å². The standard InChI is InChI=1S/C14H19NO3/c1-11-2-6-13(7-3-11)18-10-14(17)15(8-9-16)12-4-5-12/h2-3,6-7,12,16H,4-5,8-10H2,1H3. The summed E-state index contributed by atoms with van der Waals surface area (Å²) in [6, 6.07) is 7.93. The molecule has 2 rings (SSSR count). The normalized spacial score (nSPS) is 14.3. The van der Waals surface area contributed by atoms with Crippen molar-refractivity contribution in [2.75, 3.05) is 19.8 Å². The van der Waals surface area contributed by atoms with Gasteiger partial charge in [0.2, 0.25) is 0 Å². The second-order valence-corrected chi connectivity index (χ2v) is 4.64. The van der Waals surface area contributed by atoms with Crippen molar-refractivity contribution in [1.29, 1.82) is 0 Å². The molecule has 0 saturated heterocycles. The number of hydrogen-bond donors (Lipinski definition) is 1. The van der Waals surface area contributed by atoms with Crippen LogP contribution in [0.4, 0.5) is 0 Å². The minimum Gasteiger partial charge on any atom is -0.484 e. The minimum atomic E-state index is -0.0490. The van der Waals surface area contributed by atoms with Gasteiger partial charge in [0, 0.05) is 12.6 Å². The Morgan fingerprint density at radius 3 is 2.61 bits per heavy atom. The number of amides is 1. The molecule has 0 unspecified atom stereocenters. The summed E-state index contributed by atoms with van der Waals surface area (Å²) in [6.45, 7) is 2.46. The van der Waals surface area contributed by atoms with E-state index in [9.17, 15) is 4.79 Å². The maximum Gasteiger partial charge on any atom is 0.260 e. The second kappa shape index (κ2) is 5.87. The van der Waals surface area contributed by atoms with Gasteiger partial charge in [-0.05, 0) is 31.9 Å². The molecule has 1 fully saturated rings. The molecule has 0 heterocycles. The van der Waals surface area contributed by atoms with Crippen LogP contribution in [0.5, 0.6) is 5.75 Å². The third kappa shape index (κ3) is 3.47. The van der Waals surface area contributed by atoms with Gasteiger partial charge in [-0.25, -0.2) is 0 Å². The highest BCUT2D eigenvalue weighted by Gasteiger charge is 2.32. The number of aliphatic hydroxyl groups excluding tert-OH is 1. The molecular weight excluding hydrogens is 230 g/mol. The Balaban J connectivity index is 1.84. The average Bonchev–Trinajstić information content (AvgIpc) is 3.19. The molecule has 0 aromatic heterocycles. The maximum atomic E-state index is 11.9. The number of ether oxygens (including phenoxy) is 1. The van der Waals surface area contributed by atoms with Crippen molar-refractivity contribution in [1.82, 2.24) is 4.90 Å². The molecule has 1 aliphatic rings. The summed E-state index contributed by atoms with van der Waals surface area (Å²) in [7, 11) is 0. The number of carbonyl (C=O) groups excluding carboxylic acids is 1. The summed E-state index contributed by atoms with van der Waals surface area (Å²) in [6.07, 6.45) is 2.08. The Bertz CT molecular complexity index is 398. The zero-order valence-electron chi connectivity index (χ0n) is 10.6. The highest BCUT2D eigenvalue weighted by atomic mass is 16.5. The van der Waals surface area contributed by atoms with Crippen molar-refractivity contribution in [3.63, 3.8) is 0 Å². The highest BCUT2D eigenvalue weighted by Crippen LogP contribution is 2.26. The van der Waals surface area contributed by atoms with Crippen molar-refractivity contribution in [2.24, 2.45) is 0 Å². The number of rotatable bonds is 6. The van der Waals surface area contributed by atoms with Gasteiger partial charge in [0.25, 0.3) is 5.91 Å². The lowest BCUT2D eigenvalue weighted by Crippen LogP contribution is -2.38. The molecule has 1 aromatic carbocycles. The van der Waals surface area contributed by atoms with Gasteiger partial charge in [-0.3, -0.25) is 4.79 Å². The first-order valence-corrected chi connectivity index (χ1v) is 6.30. The second-order valence-electron chi connectivity index (χ2n) is 4.64. The minimum absolute atomic E-state index is 0.00672. The SMILES string of the molecule is Cc1ccc(OCC(=O)N(CCO)C2CC2)cc1. The van der Waals surface area contributed by atoms with Crippen LogP contribution in [0.15, 0.2) is 24.3 Å². The quantitative estimate of drug-likeness (QED) is 0.828. The van der Waals surface area contributed by atoms with Gasteiger partial charge in [-0.15, -0.1) is 0 Å². The van der Waals surface area contributed by atoms with Crippen LogP contribution in [-0.4, -0.2) is 41.7 Å². The number of carbonyl (C=O) groups is 1. The predicted molar refractivity (Wildman–Crippen MR) is 68.5 cm³/mol.